The molecule has 1 aliphatic rings. The topological polar surface area (TPSA) is 43.1 Å². The van der Waals surface area contributed by atoms with Crippen molar-refractivity contribution in [1.82, 2.24) is 14.9 Å². The summed E-state index contributed by atoms with van der Waals surface area (Å²) in [6.07, 6.45) is -4.62. The molecule has 3 rings (SSSR count). The Balaban J connectivity index is 2.05. The Morgan fingerprint density at radius 3 is 2.45 bits per heavy atom. The zero-order chi connectivity index (χ0) is 14.3. The lowest BCUT2D eigenvalue weighted by atomic mass is 10.1. The van der Waals surface area contributed by atoms with Gasteiger partial charge in [-0.2, -0.15) is 22.9 Å². The molecule has 0 radical (unpaired) electrons. The molecule has 0 spiro atoms. The molecule has 0 saturated heterocycles. The Morgan fingerprint density at radius 2 is 1.80 bits per heavy atom. The molecule has 0 bridgehead atoms. The van der Waals surface area contributed by atoms with Gasteiger partial charge in [0.05, 0.1) is 5.71 Å². The highest BCUT2D eigenvalue weighted by molar-refractivity contribution is 7.99. The second-order valence-electron chi connectivity index (χ2n) is 3.96. The zero-order valence-corrected chi connectivity index (χ0v) is 10.5. The van der Waals surface area contributed by atoms with Gasteiger partial charge in [0, 0.05) is 5.75 Å². The van der Waals surface area contributed by atoms with E-state index in [1.54, 1.807) is 0 Å². The van der Waals surface area contributed by atoms with Crippen LogP contribution >= 0.6 is 11.8 Å². The number of fused-ring (bicyclic) bond motifs is 1. The molecule has 1 aromatic heterocycles. The van der Waals surface area contributed by atoms with Gasteiger partial charge >= 0.3 is 6.18 Å². The summed E-state index contributed by atoms with van der Waals surface area (Å²) in [6.45, 7) is 0. The first-order valence-electron chi connectivity index (χ1n) is 5.44. The summed E-state index contributed by atoms with van der Waals surface area (Å²) in [6, 6.07) is 5.40. The molecule has 1 aliphatic heterocycles. The van der Waals surface area contributed by atoms with Gasteiger partial charge in [-0.25, -0.2) is 4.39 Å². The van der Waals surface area contributed by atoms with Crippen molar-refractivity contribution in [2.24, 2.45) is 5.10 Å². The number of nitrogens with zero attached hydrogens (tertiary/aromatic N) is 4. The SMILES string of the molecule is Fc1ccc(C2=Nn3c(nnc3C(F)(F)F)SC2)cc1. The van der Waals surface area contributed by atoms with Crippen molar-refractivity contribution in [2.45, 2.75) is 11.3 Å². The van der Waals surface area contributed by atoms with E-state index in [9.17, 15) is 17.6 Å². The third kappa shape index (κ3) is 2.28. The van der Waals surface area contributed by atoms with Gasteiger partial charge in [-0.1, -0.05) is 23.9 Å². The van der Waals surface area contributed by atoms with Gasteiger partial charge in [0.2, 0.25) is 5.16 Å². The smallest absolute Gasteiger partial charge is 0.207 e. The maximum atomic E-state index is 12.8. The van der Waals surface area contributed by atoms with Gasteiger partial charge in [-0.05, 0) is 17.7 Å². The fraction of sp³-hybridized carbons (Fsp3) is 0.182. The molecule has 0 atom stereocenters. The third-order valence-electron chi connectivity index (χ3n) is 2.60. The predicted molar refractivity (Wildman–Crippen MR) is 64.1 cm³/mol. The van der Waals surface area contributed by atoms with Crippen molar-refractivity contribution in [1.29, 1.82) is 0 Å². The number of alkyl halides is 3. The van der Waals surface area contributed by atoms with Gasteiger partial charge in [0.1, 0.15) is 5.82 Å². The summed E-state index contributed by atoms with van der Waals surface area (Å²) in [5.74, 6) is -1.24. The van der Waals surface area contributed by atoms with Crippen molar-refractivity contribution in [3.8, 4) is 0 Å². The monoisotopic (exact) mass is 302 g/mol. The standard InChI is InChI=1S/C11H6F4N4S/c12-7-3-1-6(2-4-7)8-5-20-10-17-16-9(11(13,14)15)19(10)18-8/h1-4H,5H2. The molecule has 0 amide bonds. The molecule has 9 heteroatoms. The lowest BCUT2D eigenvalue weighted by Crippen LogP contribution is -2.18. The van der Waals surface area contributed by atoms with Crippen molar-refractivity contribution < 1.29 is 17.6 Å². The van der Waals surface area contributed by atoms with Crippen LogP contribution < -0.4 is 0 Å². The largest absolute Gasteiger partial charge is 0.453 e. The van der Waals surface area contributed by atoms with Crippen LogP contribution in [0.5, 0.6) is 0 Å². The quantitative estimate of drug-likeness (QED) is 0.761. The number of benzene rings is 1. The fourth-order valence-corrected chi connectivity index (χ4v) is 2.53. The number of thioether (sulfide) groups is 1. The van der Waals surface area contributed by atoms with Gasteiger partial charge in [0.15, 0.2) is 0 Å². The molecule has 0 saturated carbocycles. The molecule has 0 fully saturated rings. The molecular weight excluding hydrogens is 296 g/mol. The Morgan fingerprint density at radius 1 is 1.10 bits per heavy atom. The van der Waals surface area contributed by atoms with Crippen LogP contribution in [-0.4, -0.2) is 26.3 Å². The molecule has 104 valence electrons. The Kier molecular flexibility index (Phi) is 3.00. The molecule has 20 heavy (non-hydrogen) atoms. The van der Waals surface area contributed by atoms with Gasteiger partial charge in [0.25, 0.3) is 5.82 Å². The van der Waals surface area contributed by atoms with Crippen LogP contribution in [0, 0.1) is 5.82 Å². The average molecular weight is 302 g/mol. The number of aromatic nitrogens is 3. The number of hydrogen-bond donors (Lipinski definition) is 0. The van der Waals surface area contributed by atoms with Crippen LogP contribution in [0.3, 0.4) is 0 Å². The normalized spacial score (nSPS) is 14.9. The second kappa shape index (κ2) is 4.58. The van der Waals surface area contributed by atoms with Crippen LogP contribution in [0.1, 0.15) is 11.4 Å². The highest BCUT2D eigenvalue weighted by Crippen LogP contribution is 2.32. The van der Waals surface area contributed by atoms with Crippen molar-refractivity contribution in [2.75, 3.05) is 5.75 Å². The molecule has 0 aliphatic carbocycles. The minimum absolute atomic E-state index is 0.0863. The number of rotatable bonds is 1. The summed E-state index contributed by atoms with van der Waals surface area (Å²) in [7, 11) is 0. The first-order valence-corrected chi connectivity index (χ1v) is 6.43. The Labute approximate surface area is 114 Å². The summed E-state index contributed by atoms with van der Waals surface area (Å²) in [4.78, 5) is 0. The lowest BCUT2D eigenvalue weighted by molar-refractivity contribution is -0.147. The van der Waals surface area contributed by atoms with Crippen LogP contribution in [0.2, 0.25) is 0 Å². The molecule has 0 N–H and O–H groups in total. The van der Waals surface area contributed by atoms with Crippen molar-refractivity contribution in [3.63, 3.8) is 0 Å². The second-order valence-corrected chi connectivity index (χ2v) is 4.90. The number of halogens is 4. The van der Waals surface area contributed by atoms with E-state index in [0.717, 1.165) is 11.8 Å². The van der Waals surface area contributed by atoms with Gasteiger partial charge < -0.3 is 0 Å². The van der Waals surface area contributed by atoms with E-state index in [0.29, 0.717) is 21.7 Å². The van der Waals surface area contributed by atoms with Crippen LogP contribution in [-0.2, 0) is 6.18 Å². The minimum atomic E-state index is -4.62. The average Bonchev–Trinajstić information content (AvgIpc) is 2.82. The van der Waals surface area contributed by atoms with Crippen LogP contribution in [0.4, 0.5) is 17.6 Å². The number of hydrogen-bond acceptors (Lipinski definition) is 4. The molecule has 2 aromatic rings. The van der Waals surface area contributed by atoms with Gasteiger partial charge in [-0.15, -0.1) is 10.2 Å². The first kappa shape index (κ1) is 13.1. The Bertz CT molecular complexity index is 675. The molecule has 4 nitrogen and oxygen atoms in total. The third-order valence-corrected chi connectivity index (χ3v) is 3.53. The molecule has 0 unspecified atom stereocenters. The van der Waals surface area contributed by atoms with E-state index < -0.39 is 17.8 Å². The maximum Gasteiger partial charge on any atom is 0.453 e. The highest BCUT2D eigenvalue weighted by atomic mass is 32.2. The summed E-state index contributed by atoms with van der Waals surface area (Å²) in [5, 5.41) is 10.6. The molecule has 2 heterocycles. The van der Waals surface area contributed by atoms with E-state index in [2.05, 4.69) is 15.3 Å². The predicted octanol–water partition coefficient (Wildman–Crippen LogP) is 2.79. The first-order chi connectivity index (χ1) is 9.45. The van der Waals surface area contributed by atoms with E-state index in [1.165, 1.54) is 24.3 Å². The lowest BCUT2D eigenvalue weighted by Gasteiger charge is -2.14. The summed E-state index contributed by atoms with van der Waals surface area (Å²) < 4.78 is 51.7. The maximum absolute atomic E-state index is 12.8. The minimum Gasteiger partial charge on any atom is -0.207 e. The summed E-state index contributed by atoms with van der Waals surface area (Å²) >= 11 is 1.10. The Hall–Kier alpha value is -1.90. The van der Waals surface area contributed by atoms with Gasteiger partial charge in [-0.3, -0.25) is 0 Å². The summed E-state index contributed by atoms with van der Waals surface area (Å²) in [5.41, 5.74) is 0.971. The zero-order valence-electron chi connectivity index (χ0n) is 9.73. The van der Waals surface area contributed by atoms with Crippen LogP contribution in [0.25, 0.3) is 0 Å². The molecule has 1 aromatic carbocycles. The fourth-order valence-electron chi connectivity index (χ4n) is 1.69. The van der Waals surface area contributed by atoms with Crippen LogP contribution in [0.15, 0.2) is 34.5 Å². The van der Waals surface area contributed by atoms with E-state index in [-0.39, 0.29) is 5.16 Å². The van der Waals surface area contributed by atoms with E-state index in [1.807, 2.05) is 0 Å². The van der Waals surface area contributed by atoms with E-state index in [4.69, 9.17) is 0 Å². The van der Waals surface area contributed by atoms with Crippen molar-refractivity contribution >= 4 is 17.5 Å². The highest BCUT2D eigenvalue weighted by Gasteiger charge is 2.39. The van der Waals surface area contributed by atoms with E-state index >= 15 is 0 Å². The molecular formula is C11H6F4N4S. The van der Waals surface area contributed by atoms with Crippen molar-refractivity contribution in [3.05, 3.63) is 41.5 Å².